The SMILES string of the molecule is C[C@@H](c1ccccc1)N1C[C@H](C(=O)NCCc2cscn2)CC1=O. The van der Waals surface area contributed by atoms with Gasteiger partial charge in [-0.2, -0.15) is 0 Å². The highest BCUT2D eigenvalue weighted by Gasteiger charge is 2.36. The van der Waals surface area contributed by atoms with E-state index in [0.29, 0.717) is 19.5 Å². The molecule has 3 rings (SSSR count). The van der Waals surface area contributed by atoms with Crippen LogP contribution in [0.25, 0.3) is 0 Å². The molecule has 126 valence electrons. The maximum absolute atomic E-state index is 12.3. The number of aromatic nitrogens is 1. The van der Waals surface area contributed by atoms with Crippen molar-refractivity contribution in [2.45, 2.75) is 25.8 Å². The molecule has 2 atom stereocenters. The first kappa shape index (κ1) is 16.6. The smallest absolute Gasteiger partial charge is 0.225 e. The van der Waals surface area contributed by atoms with Gasteiger partial charge in [-0.15, -0.1) is 11.3 Å². The number of hydrogen-bond acceptors (Lipinski definition) is 4. The number of nitrogens with one attached hydrogen (secondary N) is 1. The highest BCUT2D eigenvalue weighted by Crippen LogP contribution is 2.28. The second-order valence-electron chi connectivity index (χ2n) is 6.05. The van der Waals surface area contributed by atoms with E-state index in [0.717, 1.165) is 17.7 Å². The Morgan fingerprint density at radius 2 is 2.21 bits per heavy atom. The van der Waals surface area contributed by atoms with Gasteiger partial charge in [-0.05, 0) is 12.5 Å². The summed E-state index contributed by atoms with van der Waals surface area (Å²) in [6, 6.07) is 9.91. The maximum Gasteiger partial charge on any atom is 0.225 e. The van der Waals surface area contributed by atoms with E-state index in [1.54, 1.807) is 21.7 Å². The Morgan fingerprint density at radius 1 is 1.42 bits per heavy atom. The molecule has 0 unspecified atom stereocenters. The fraction of sp³-hybridized carbons (Fsp3) is 0.389. The number of nitrogens with zero attached hydrogens (tertiary/aromatic N) is 2. The van der Waals surface area contributed by atoms with Gasteiger partial charge in [0.25, 0.3) is 0 Å². The molecule has 2 aromatic rings. The summed E-state index contributed by atoms with van der Waals surface area (Å²) in [4.78, 5) is 30.6. The Bertz CT molecular complexity index is 688. The van der Waals surface area contributed by atoms with Gasteiger partial charge in [0, 0.05) is 31.3 Å². The number of amides is 2. The molecular formula is C18H21N3O2S. The molecule has 1 fully saturated rings. The summed E-state index contributed by atoms with van der Waals surface area (Å²) >= 11 is 1.55. The van der Waals surface area contributed by atoms with Gasteiger partial charge in [-0.25, -0.2) is 4.98 Å². The molecule has 1 aliphatic heterocycles. The van der Waals surface area contributed by atoms with Gasteiger partial charge in [0.15, 0.2) is 0 Å². The van der Waals surface area contributed by atoms with Crippen molar-refractivity contribution in [3.63, 3.8) is 0 Å². The summed E-state index contributed by atoms with van der Waals surface area (Å²) in [6.45, 7) is 3.05. The number of carbonyl (C=O) groups is 2. The molecule has 1 aliphatic rings. The van der Waals surface area contributed by atoms with Crippen LogP contribution in [0.15, 0.2) is 41.2 Å². The number of thiazole rings is 1. The monoisotopic (exact) mass is 343 g/mol. The van der Waals surface area contributed by atoms with Gasteiger partial charge in [0.1, 0.15) is 0 Å². The quantitative estimate of drug-likeness (QED) is 0.876. The summed E-state index contributed by atoms with van der Waals surface area (Å²) < 4.78 is 0. The predicted octanol–water partition coefficient (Wildman–Crippen LogP) is 2.41. The molecule has 5 nitrogen and oxygen atoms in total. The van der Waals surface area contributed by atoms with Gasteiger partial charge in [0.2, 0.25) is 11.8 Å². The second kappa shape index (κ2) is 7.57. The third-order valence-corrected chi connectivity index (χ3v) is 5.08. The molecule has 2 amide bonds. The van der Waals surface area contributed by atoms with Gasteiger partial charge < -0.3 is 10.2 Å². The summed E-state index contributed by atoms with van der Waals surface area (Å²) in [5.41, 5.74) is 3.87. The summed E-state index contributed by atoms with van der Waals surface area (Å²) in [7, 11) is 0. The standard InChI is InChI=1S/C18H21N3O2S/c1-13(14-5-3-2-4-6-14)21-10-15(9-17(21)22)18(23)19-8-7-16-11-24-12-20-16/h2-6,11-13,15H,7-10H2,1H3,(H,19,23)/t13-,15+/m0/s1. The second-order valence-corrected chi connectivity index (χ2v) is 6.77. The summed E-state index contributed by atoms with van der Waals surface area (Å²) in [6.07, 6.45) is 1.01. The van der Waals surface area contributed by atoms with E-state index in [2.05, 4.69) is 10.3 Å². The zero-order valence-electron chi connectivity index (χ0n) is 13.6. The highest BCUT2D eigenvalue weighted by molar-refractivity contribution is 7.07. The Labute approximate surface area is 145 Å². The van der Waals surface area contributed by atoms with Crippen LogP contribution in [0.4, 0.5) is 0 Å². The minimum absolute atomic E-state index is 0.00786. The number of benzene rings is 1. The van der Waals surface area contributed by atoms with Crippen molar-refractivity contribution >= 4 is 23.2 Å². The van der Waals surface area contributed by atoms with Crippen molar-refractivity contribution < 1.29 is 9.59 Å². The van der Waals surface area contributed by atoms with Crippen LogP contribution in [0.1, 0.15) is 30.6 Å². The van der Waals surface area contributed by atoms with E-state index in [1.807, 2.05) is 42.6 Å². The molecule has 0 saturated carbocycles. The molecule has 2 heterocycles. The lowest BCUT2D eigenvalue weighted by molar-refractivity contribution is -0.130. The zero-order chi connectivity index (χ0) is 16.9. The van der Waals surface area contributed by atoms with Crippen LogP contribution in [0.5, 0.6) is 0 Å². The van der Waals surface area contributed by atoms with E-state index in [4.69, 9.17) is 0 Å². The van der Waals surface area contributed by atoms with Gasteiger partial charge in [0.05, 0.1) is 23.2 Å². The van der Waals surface area contributed by atoms with E-state index in [1.165, 1.54) is 0 Å². The first-order valence-electron chi connectivity index (χ1n) is 8.14. The van der Waals surface area contributed by atoms with Gasteiger partial charge >= 0.3 is 0 Å². The lowest BCUT2D eigenvalue weighted by Crippen LogP contribution is -2.34. The van der Waals surface area contributed by atoms with Crippen LogP contribution in [-0.2, 0) is 16.0 Å². The third kappa shape index (κ3) is 3.82. The van der Waals surface area contributed by atoms with E-state index in [-0.39, 0.29) is 23.8 Å². The van der Waals surface area contributed by atoms with Crippen molar-refractivity contribution in [3.05, 3.63) is 52.5 Å². The lowest BCUT2D eigenvalue weighted by Gasteiger charge is -2.25. The molecular weight excluding hydrogens is 322 g/mol. The van der Waals surface area contributed by atoms with Crippen LogP contribution in [0.2, 0.25) is 0 Å². The lowest BCUT2D eigenvalue weighted by atomic mass is 10.1. The van der Waals surface area contributed by atoms with E-state index < -0.39 is 0 Å². The molecule has 24 heavy (non-hydrogen) atoms. The van der Waals surface area contributed by atoms with Crippen molar-refractivity contribution in [3.8, 4) is 0 Å². The number of carbonyl (C=O) groups excluding carboxylic acids is 2. The molecule has 0 aliphatic carbocycles. The Kier molecular flexibility index (Phi) is 5.25. The van der Waals surface area contributed by atoms with Crippen molar-refractivity contribution in [1.29, 1.82) is 0 Å². The van der Waals surface area contributed by atoms with E-state index >= 15 is 0 Å². The Hall–Kier alpha value is -2.21. The Balaban J connectivity index is 1.53. The topological polar surface area (TPSA) is 62.3 Å². The van der Waals surface area contributed by atoms with Crippen LogP contribution < -0.4 is 5.32 Å². The zero-order valence-corrected chi connectivity index (χ0v) is 14.5. The average Bonchev–Trinajstić information content (AvgIpc) is 3.24. The molecule has 1 saturated heterocycles. The highest BCUT2D eigenvalue weighted by atomic mass is 32.1. The first-order chi connectivity index (χ1) is 11.6. The summed E-state index contributed by atoms with van der Waals surface area (Å²) in [5.74, 6) is -0.258. The predicted molar refractivity (Wildman–Crippen MR) is 93.5 cm³/mol. The number of likely N-dealkylation sites (tertiary alicyclic amines) is 1. The maximum atomic E-state index is 12.3. The molecule has 1 N–H and O–H groups in total. The van der Waals surface area contributed by atoms with Crippen molar-refractivity contribution in [2.75, 3.05) is 13.1 Å². The molecule has 0 radical (unpaired) electrons. The third-order valence-electron chi connectivity index (χ3n) is 4.44. The fourth-order valence-corrected chi connectivity index (χ4v) is 3.61. The molecule has 0 spiro atoms. The number of rotatable bonds is 6. The Morgan fingerprint density at radius 3 is 2.92 bits per heavy atom. The van der Waals surface area contributed by atoms with E-state index in [9.17, 15) is 9.59 Å². The summed E-state index contributed by atoms with van der Waals surface area (Å²) in [5, 5.41) is 4.91. The minimum Gasteiger partial charge on any atom is -0.355 e. The van der Waals surface area contributed by atoms with Crippen LogP contribution in [0.3, 0.4) is 0 Å². The molecule has 6 heteroatoms. The van der Waals surface area contributed by atoms with Crippen LogP contribution in [0, 0.1) is 5.92 Å². The average molecular weight is 343 g/mol. The molecule has 0 bridgehead atoms. The normalized spacial score (nSPS) is 18.6. The van der Waals surface area contributed by atoms with Crippen LogP contribution in [-0.4, -0.2) is 34.8 Å². The first-order valence-corrected chi connectivity index (χ1v) is 9.08. The van der Waals surface area contributed by atoms with Crippen molar-refractivity contribution in [1.82, 2.24) is 15.2 Å². The number of hydrogen-bond donors (Lipinski definition) is 1. The van der Waals surface area contributed by atoms with Crippen LogP contribution >= 0.6 is 11.3 Å². The largest absolute Gasteiger partial charge is 0.355 e. The van der Waals surface area contributed by atoms with Crippen molar-refractivity contribution in [2.24, 2.45) is 5.92 Å². The molecule has 1 aromatic heterocycles. The van der Waals surface area contributed by atoms with Gasteiger partial charge in [-0.1, -0.05) is 30.3 Å². The van der Waals surface area contributed by atoms with Gasteiger partial charge in [-0.3, -0.25) is 9.59 Å². The minimum atomic E-state index is -0.265. The fourth-order valence-electron chi connectivity index (χ4n) is 3.01. The molecule has 1 aromatic carbocycles.